The van der Waals surface area contributed by atoms with Crippen molar-refractivity contribution >= 4 is 23.6 Å². The number of hydrogen-bond donors (Lipinski definition) is 2. The zero-order valence-electron chi connectivity index (χ0n) is 23.3. The highest BCUT2D eigenvalue weighted by atomic mass is 32.2. The van der Waals surface area contributed by atoms with E-state index in [9.17, 15) is 19.1 Å². The Bertz CT molecular complexity index is 1320. The zero-order chi connectivity index (χ0) is 28.8. The summed E-state index contributed by atoms with van der Waals surface area (Å²) in [5.41, 5.74) is 2.26. The van der Waals surface area contributed by atoms with Gasteiger partial charge in [-0.05, 0) is 73.9 Å². The maximum Gasteiger partial charge on any atom is 0.307 e. The van der Waals surface area contributed by atoms with Crippen LogP contribution in [0.4, 0.5) is 4.39 Å². The molecule has 0 aromatic heterocycles. The molecule has 0 aliphatic heterocycles. The van der Waals surface area contributed by atoms with Crippen LogP contribution in [0.2, 0.25) is 0 Å². The van der Waals surface area contributed by atoms with E-state index in [0.29, 0.717) is 40.5 Å². The molecule has 2 N–H and O–H groups in total. The standard InChI is InChI=1S/C31H36FNO5S/c1-30(2,3)39-19-23-17-22(29(36)33-31(4,5)18-20-7-11-24(32)12-8-20)10-14-25(23)38-27-15-21(16-28(34)35)9-13-26(27)37-6/h7-15,17H,16,18-19H2,1-6H3,(H,33,36)(H,34,35). The van der Waals surface area contributed by atoms with Crippen LogP contribution in [0.5, 0.6) is 17.2 Å². The maximum absolute atomic E-state index is 13.3. The number of thioether (sulfide) groups is 1. The van der Waals surface area contributed by atoms with Gasteiger partial charge in [0.05, 0.1) is 13.5 Å². The van der Waals surface area contributed by atoms with Gasteiger partial charge < -0.3 is 19.9 Å². The third-order valence-corrected chi connectivity index (χ3v) is 7.12. The fourth-order valence-corrected chi connectivity index (χ4v) is 4.78. The molecule has 0 fully saturated rings. The first-order valence-electron chi connectivity index (χ1n) is 12.6. The Hall–Kier alpha value is -3.52. The van der Waals surface area contributed by atoms with Crippen molar-refractivity contribution in [2.45, 2.75) is 63.5 Å². The molecule has 0 saturated heterocycles. The number of rotatable bonds is 11. The molecule has 1 amide bonds. The van der Waals surface area contributed by atoms with E-state index in [1.54, 1.807) is 54.2 Å². The van der Waals surface area contributed by atoms with E-state index >= 15 is 0 Å². The van der Waals surface area contributed by atoms with Crippen LogP contribution in [0.3, 0.4) is 0 Å². The summed E-state index contributed by atoms with van der Waals surface area (Å²) in [5.74, 6) is 0.562. The van der Waals surface area contributed by atoms with E-state index < -0.39 is 11.5 Å². The SMILES string of the molecule is COc1ccc(CC(=O)O)cc1Oc1ccc(C(=O)NC(C)(C)Cc2ccc(F)cc2)cc1CSC(C)(C)C. The summed E-state index contributed by atoms with van der Waals surface area (Å²) in [6.07, 6.45) is 0.402. The van der Waals surface area contributed by atoms with Gasteiger partial charge in [0.1, 0.15) is 11.6 Å². The van der Waals surface area contributed by atoms with Crippen molar-refractivity contribution in [2.24, 2.45) is 0 Å². The van der Waals surface area contributed by atoms with Crippen LogP contribution < -0.4 is 14.8 Å². The van der Waals surface area contributed by atoms with Crippen molar-refractivity contribution in [2.75, 3.05) is 7.11 Å². The van der Waals surface area contributed by atoms with Gasteiger partial charge in [-0.25, -0.2) is 4.39 Å². The van der Waals surface area contributed by atoms with Crippen LogP contribution >= 0.6 is 11.8 Å². The molecule has 208 valence electrons. The number of carboxylic acid groups (broad SMARTS) is 1. The molecular weight excluding hydrogens is 517 g/mol. The first-order valence-corrected chi connectivity index (χ1v) is 13.6. The quantitative estimate of drug-likeness (QED) is 0.265. The molecule has 3 aromatic carbocycles. The minimum absolute atomic E-state index is 0.0220. The summed E-state index contributed by atoms with van der Waals surface area (Å²) in [7, 11) is 1.52. The Morgan fingerprint density at radius 1 is 0.897 bits per heavy atom. The highest BCUT2D eigenvalue weighted by Crippen LogP contribution is 2.37. The first-order chi connectivity index (χ1) is 18.2. The van der Waals surface area contributed by atoms with E-state index in [1.165, 1.54) is 19.2 Å². The Kier molecular flexibility index (Phi) is 9.67. The number of carbonyl (C=O) groups is 2. The summed E-state index contributed by atoms with van der Waals surface area (Å²) >= 11 is 1.72. The molecule has 0 radical (unpaired) electrons. The zero-order valence-corrected chi connectivity index (χ0v) is 24.1. The van der Waals surface area contributed by atoms with Crippen LogP contribution in [0.1, 0.15) is 61.7 Å². The molecule has 6 nitrogen and oxygen atoms in total. The second-order valence-corrected chi connectivity index (χ2v) is 12.8. The van der Waals surface area contributed by atoms with E-state index in [2.05, 4.69) is 26.1 Å². The average molecular weight is 554 g/mol. The number of hydrogen-bond acceptors (Lipinski definition) is 5. The number of carboxylic acids is 1. The van der Waals surface area contributed by atoms with E-state index in [1.807, 2.05) is 19.9 Å². The number of halogens is 1. The summed E-state index contributed by atoms with van der Waals surface area (Å²) in [6, 6.07) is 16.6. The van der Waals surface area contributed by atoms with Crippen molar-refractivity contribution in [3.05, 3.63) is 88.7 Å². The Labute approximate surface area is 233 Å². The number of benzene rings is 3. The Morgan fingerprint density at radius 2 is 1.54 bits per heavy atom. The van der Waals surface area contributed by atoms with Gasteiger partial charge in [0, 0.05) is 27.2 Å². The predicted molar refractivity (Wildman–Crippen MR) is 154 cm³/mol. The van der Waals surface area contributed by atoms with Gasteiger partial charge >= 0.3 is 5.97 Å². The van der Waals surface area contributed by atoms with Crippen LogP contribution in [-0.2, 0) is 23.4 Å². The topological polar surface area (TPSA) is 84.9 Å². The molecule has 3 rings (SSSR count). The summed E-state index contributed by atoms with van der Waals surface area (Å²) in [6.45, 7) is 10.2. The van der Waals surface area contributed by atoms with Crippen LogP contribution in [0.25, 0.3) is 0 Å². The normalized spacial score (nSPS) is 11.7. The third kappa shape index (κ3) is 9.32. The lowest BCUT2D eigenvalue weighted by Crippen LogP contribution is -2.45. The molecule has 3 aromatic rings. The monoisotopic (exact) mass is 553 g/mol. The van der Waals surface area contributed by atoms with Gasteiger partial charge in [-0.2, -0.15) is 11.8 Å². The van der Waals surface area contributed by atoms with Crippen molar-refractivity contribution < 1.29 is 28.6 Å². The second kappa shape index (κ2) is 12.6. The van der Waals surface area contributed by atoms with Crippen LogP contribution in [0.15, 0.2) is 60.7 Å². The molecule has 0 spiro atoms. The molecule has 8 heteroatoms. The number of amides is 1. The fraction of sp³-hybridized carbons (Fsp3) is 0.355. The molecule has 0 aliphatic rings. The van der Waals surface area contributed by atoms with Gasteiger partial charge in [0.2, 0.25) is 0 Å². The predicted octanol–water partition coefficient (Wildman–Crippen LogP) is 7.04. The van der Waals surface area contributed by atoms with Crippen molar-refractivity contribution in [3.63, 3.8) is 0 Å². The van der Waals surface area contributed by atoms with E-state index in [-0.39, 0.29) is 22.9 Å². The molecule has 0 bridgehead atoms. The summed E-state index contributed by atoms with van der Waals surface area (Å²) in [4.78, 5) is 24.5. The molecule has 39 heavy (non-hydrogen) atoms. The summed E-state index contributed by atoms with van der Waals surface area (Å²) < 4.78 is 25.0. The lowest BCUT2D eigenvalue weighted by molar-refractivity contribution is -0.136. The Morgan fingerprint density at radius 3 is 2.15 bits per heavy atom. The first kappa shape index (κ1) is 30.0. The smallest absolute Gasteiger partial charge is 0.307 e. The van der Waals surface area contributed by atoms with Gasteiger partial charge in [-0.1, -0.05) is 39.0 Å². The second-order valence-electron chi connectivity index (χ2n) is 11.0. The molecule has 0 heterocycles. The number of nitrogens with one attached hydrogen (secondary N) is 1. The molecule has 0 saturated carbocycles. The van der Waals surface area contributed by atoms with E-state index in [0.717, 1.165) is 11.1 Å². The van der Waals surface area contributed by atoms with Gasteiger partial charge in [0.25, 0.3) is 5.91 Å². The van der Waals surface area contributed by atoms with Crippen molar-refractivity contribution in [3.8, 4) is 17.2 Å². The van der Waals surface area contributed by atoms with Crippen molar-refractivity contribution in [1.29, 1.82) is 0 Å². The molecule has 0 atom stereocenters. The molecule has 0 aliphatic carbocycles. The van der Waals surface area contributed by atoms with Gasteiger partial charge in [-0.15, -0.1) is 0 Å². The number of ether oxygens (including phenoxy) is 2. The lowest BCUT2D eigenvalue weighted by atomic mass is 9.94. The van der Waals surface area contributed by atoms with Gasteiger partial charge in [-0.3, -0.25) is 9.59 Å². The molecular formula is C31H36FNO5S. The fourth-order valence-electron chi connectivity index (χ4n) is 3.97. The molecule has 0 unspecified atom stereocenters. The van der Waals surface area contributed by atoms with Crippen LogP contribution in [-0.4, -0.2) is 34.4 Å². The van der Waals surface area contributed by atoms with Crippen LogP contribution in [0, 0.1) is 5.82 Å². The minimum Gasteiger partial charge on any atom is -0.493 e. The highest BCUT2D eigenvalue weighted by molar-refractivity contribution is 7.99. The number of aliphatic carboxylic acids is 1. The number of methoxy groups -OCH3 is 1. The third-order valence-electron chi connectivity index (χ3n) is 5.80. The Balaban J connectivity index is 1.88. The largest absolute Gasteiger partial charge is 0.493 e. The lowest BCUT2D eigenvalue weighted by Gasteiger charge is -2.27. The average Bonchev–Trinajstić information content (AvgIpc) is 2.83. The van der Waals surface area contributed by atoms with Gasteiger partial charge in [0.15, 0.2) is 11.5 Å². The van der Waals surface area contributed by atoms with E-state index in [4.69, 9.17) is 9.47 Å². The minimum atomic E-state index is -0.939. The highest BCUT2D eigenvalue weighted by Gasteiger charge is 2.23. The maximum atomic E-state index is 13.3. The summed E-state index contributed by atoms with van der Waals surface area (Å²) in [5, 5.41) is 12.3. The number of carbonyl (C=O) groups excluding carboxylic acids is 1. The van der Waals surface area contributed by atoms with Crippen molar-refractivity contribution in [1.82, 2.24) is 5.32 Å².